The van der Waals surface area contributed by atoms with Gasteiger partial charge >= 0.3 is 0 Å². The third-order valence-corrected chi connectivity index (χ3v) is 6.50. The number of nitrogens with one attached hydrogen (secondary N) is 1. The van der Waals surface area contributed by atoms with Crippen LogP contribution in [0.15, 0.2) is 18.2 Å². The zero-order chi connectivity index (χ0) is 17.6. The van der Waals surface area contributed by atoms with Gasteiger partial charge in [0.05, 0.1) is 5.69 Å². The van der Waals surface area contributed by atoms with Crippen molar-refractivity contribution in [2.24, 2.45) is 5.73 Å². The van der Waals surface area contributed by atoms with Gasteiger partial charge in [-0.15, -0.1) is 0 Å². The van der Waals surface area contributed by atoms with Crippen LogP contribution in [0, 0.1) is 23.0 Å². The summed E-state index contributed by atoms with van der Waals surface area (Å²) in [4.78, 5) is 2.27. The topological polar surface area (TPSA) is 81.7 Å². The van der Waals surface area contributed by atoms with Gasteiger partial charge in [0.1, 0.15) is 17.7 Å². The molecule has 5 nitrogen and oxygen atoms in total. The van der Waals surface area contributed by atoms with Gasteiger partial charge in [-0.1, -0.05) is 0 Å². The van der Waals surface area contributed by atoms with Crippen LogP contribution in [-0.2, 0) is 13.1 Å². The van der Waals surface area contributed by atoms with Crippen molar-refractivity contribution in [3.8, 4) is 6.07 Å². The Hall–Kier alpha value is -1.95. The molecular weight excluding hydrogens is 344 g/mol. The number of nitriles is 1. The summed E-state index contributed by atoms with van der Waals surface area (Å²) in [5.74, 6) is -0.0666. The molecule has 0 bridgehead atoms. The van der Waals surface area contributed by atoms with Crippen LogP contribution in [0.3, 0.4) is 0 Å². The Balaban J connectivity index is 1.47. The zero-order valence-electron chi connectivity index (χ0n) is 13.4. The second kappa shape index (κ2) is 6.41. The molecule has 1 fully saturated rings. The third kappa shape index (κ3) is 2.92. The SMILES string of the molecule is N#Cc1n[nH]c2c1CN([C@H]1CS[C@H](c3cc(F)ccc3F)[C@@H](N)C1)C2. The van der Waals surface area contributed by atoms with E-state index in [1.165, 1.54) is 6.07 Å². The lowest BCUT2D eigenvalue weighted by molar-refractivity contribution is 0.190. The summed E-state index contributed by atoms with van der Waals surface area (Å²) in [5, 5.41) is 15.8. The summed E-state index contributed by atoms with van der Waals surface area (Å²) < 4.78 is 27.5. The molecule has 0 aliphatic carbocycles. The lowest BCUT2D eigenvalue weighted by atomic mass is 9.98. The Morgan fingerprint density at radius 2 is 2.20 bits per heavy atom. The minimum atomic E-state index is -0.444. The fourth-order valence-electron chi connectivity index (χ4n) is 3.67. The molecule has 1 saturated heterocycles. The molecule has 1 aromatic carbocycles. The number of aromatic amines is 1. The maximum absolute atomic E-state index is 14.1. The van der Waals surface area contributed by atoms with Gasteiger partial charge in [0, 0.05) is 47.3 Å². The minimum absolute atomic E-state index is 0.236. The van der Waals surface area contributed by atoms with Crippen molar-refractivity contribution in [3.05, 3.63) is 52.3 Å². The largest absolute Gasteiger partial charge is 0.326 e. The first kappa shape index (κ1) is 16.5. The van der Waals surface area contributed by atoms with Crippen LogP contribution >= 0.6 is 11.8 Å². The summed E-state index contributed by atoms with van der Waals surface area (Å²) >= 11 is 1.57. The fraction of sp³-hybridized carbons (Fsp3) is 0.412. The molecule has 0 radical (unpaired) electrons. The van der Waals surface area contributed by atoms with Crippen LogP contribution in [0.4, 0.5) is 8.78 Å². The van der Waals surface area contributed by atoms with Crippen LogP contribution in [0.1, 0.15) is 34.2 Å². The van der Waals surface area contributed by atoms with Gasteiger partial charge in [0.2, 0.25) is 0 Å². The summed E-state index contributed by atoms with van der Waals surface area (Å²) in [7, 11) is 0. The molecule has 4 rings (SSSR count). The highest BCUT2D eigenvalue weighted by atomic mass is 32.2. The second-order valence-corrected chi connectivity index (χ2v) is 7.69. The Kier molecular flexibility index (Phi) is 4.23. The van der Waals surface area contributed by atoms with E-state index in [1.807, 2.05) is 0 Å². The predicted octanol–water partition coefficient (Wildman–Crippen LogP) is 2.45. The molecule has 3 atom stereocenters. The van der Waals surface area contributed by atoms with Gasteiger partial charge < -0.3 is 5.73 Å². The molecule has 0 saturated carbocycles. The molecule has 3 N–H and O–H groups in total. The first-order valence-electron chi connectivity index (χ1n) is 8.09. The molecule has 2 aliphatic heterocycles. The summed E-state index contributed by atoms with van der Waals surface area (Å²) in [6, 6.07) is 5.62. The van der Waals surface area contributed by atoms with Crippen molar-refractivity contribution in [1.29, 1.82) is 5.26 Å². The molecule has 0 spiro atoms. The number of nitrogens with two attached hydrogens (primary N) is 1. The number of aromatic nitrogens is 2. The van der Waals surface area contributed by atoms with Crippen LogP contribution in [0.25, 0.3) is 0 Å². The van der Waals surface area contributed by atoms with Gasteiger partial charge in [-0.2, -0.15) is 22.1 Å². The molecule has 8 heteroatoms. The maximum atomic E-state index is 14.1. The summed E-state index contributed by atoms with van der Waals surface area (Å²) in [6.45, 7) is 1.38. The average Bonchev–Trinajstić information content (AvgIpc) is 3.17. The van der Waals surface area contributed by atoms with Crippen LogP contribution < -0.4 is 5.73 Å². The standard InChI is InChI=1S/C17H17F2N5S/c18-9-1-2-13(19)11(3-9)17-14(21)4-10(8-25-17)24-6-12-15(5-20)22-23-16(12)7-24/h1-3,10,14,17H,4,6-8,21H2,(H,22,23)/t10-,14+,17-/m1/s1. The van der Waals surface area contributed by atoms with Gasteiger partial charge in [0.15, 0.2) is 5.69 Å². The smallest absolute Gasteiger partial charge is 0.167 e. The third-order valence-electron chi connectivity index (χ3n) is 4.96. The lowest BCUT2D eigenvalue weighted by Gasteiger charge is -2.38. The van der Waals surface area contributed by atoms with Crippen molar-refractivity contribution >= 4 is 11.8 Å². The molecule has 130 valence electrons. The van der Waals surface area contributed by atoms with E-state index < -0.39 is 11.6 Å². The normalized spacial score (nSPS) is 26.4. The molecule has 2 aromatic rings. The second-order valence-electron chi connectivity index (χ2n) is 6.52. The highest BCUT2D eigenvalue weighted by Gasteiger charge is 2.37. The van der Waals surface area contributed by atoms with Crippen molar-refractivity contribution in [3.63, 3.8) is 0 Å². The van der Waals surface area contributed by atoms with Gasteiger partial charge in [0.25, 0.3) is 0 Å². The minimum Gasteiger partial charge on any atom is -0.326 e. The van der Waals surface area contributed by atoms with E-state index in [-0.39, 0.29) is 17.3 Å². The Morgan fingerprint density at radius 3 is 2.96 bits per heavy atom. The van der Waals surface area contributed by atoms with Crippen LogP contribution in [-0.4, -0.2) is 32.9 Å². The predicted molar refractivity (Wildman–Crippen MR) is 90.5 cm³/mol. The monoisotopic (exact) mass is 361 g/mol. The van der Waals surface area contributed by atoms with Crippen LogP contribution in [0.5, 0.6) is 0 Å². The van der Waals surface area contributed by atoms with Crippen molar-refractivity contribution in [1.82, 2.24) is 15.1 Å². The lowest BCUT2D eigenvalue weighted by Crippen LogP contribution is -2.44. The fourth-order valence-corrected chi connectivity index (χ4v) is 5.16. The molecular formula is C17H17F2N5S. The molecule has 3 heterocycles. The molecule has 25 heavy (non-hydrogen) atoms. The zero-order valence-corrected chi connectivity index (χ0v) is 14.2. The Bertz CT molecular complexity index is 846. The highest BCUT2D eigenvalue weighted by molar-refractivity contribution is 7.99. The van der Waals surface area contributed by atoms with E-state index in [1.54, 1.807) is 11.8 Å². The quantitative estimate of drug-likeness (QED) is 0.859. The number of hydrogen-bond donors (Lipinski definition) is 2. The first-order chi connectivity index (χ1) is 12.1. The summed E-state index contributed by atoms with van der Waals surface area (Å²) in [5.41, 5.74) is 9.05. The number of halogens is 2. The Labute approximate surface area is 148 Å². The van der Waals surface area contributed by atoms with Gasteiger partial charge in [-0.05, 0) is 24.6 Å². The number of H-pyrrole nitrogens is 1. The van der Waals surface area contributed by atoms with Gasteiger partial charge in [-0.25, -0.2) is 8.78 Å². The number of benzene rings is 1. The molecule has 0 unspecified atom stereocenters. The van der Waals surface area contributed by atoms with E-state index in [2.05, 4.69) is 21.2 Å². The molecule has 1 aromatic heterocycles. The number of thioether (sulfide) groups is 1. The number of rotatable bonds is 2. The van der Waals surface area contributed by atoms with E-state index in [9.17, 15) is 8.78 Å². The molecule has 2 aliphatic rings. The van der Waals surface area contributed by atoms with Crippen molar-refractivity contribution < 1.29 is 8.78 Å². The van der Waals surface area contributed by atoms with Crippen LogP contribution in [0.2, 0.25) is 0 Å². The maximum Gasteiger partial charge on any atom is 0.167 e. The molecule has 0 amide bonds. The van der Waals surface area contributed by atoms with E-state index in [4.69, 9.17) is 11.0 Å². The average molecular weight is 361 g/mol. The summed E-state index contributed by atoms with van der Waals surface area (Å²) in [6.07, 6.45) is 0.702. The van der Waals surface area contributed by atoms with Crippen molar-refractivity contribution in [2.45, 2.75) is 36.8 Å². The number of nitrogens with zero attached hydrogens (tertiary/aromatic N) is 3. The van der Waals surface area contributed by atoms with Gasteiger partial charge in [-0.3, -0.25) is 10.00 Å². The van der Waals surface area contributed by atoms with E-state index in [0.29, 0.717) is 30.8 Å². The number of fused-ring (bicyclic) bond motifs is 1. The first-order valence-corrected chi connectivity index (χ1v) is 9.14. The van der Waals surface area contributed by atoms with E-state index >= 15 is 0 Å². The highest BCUT2D eigenvalue weighted by Crippen LogP contribution is 2.41. The van der Waals surface area contributed by atoms with E-state index in [0.717, 1.165) is 29.1 Å². The van der Waals surface area contributed by atoms with Crippen molar-refractivity contribution in [2.75, 3.05) is 5.75 Å². The number of hydrogen-bond acceptors (Lipinski definition) is 5. The Morgan fingerprint density at radius 1 is 1.36 bits per heavy atom.